The van der Waals surface area contributed by atoms with Gasteiger partial charge in [-0.25, -0.2) is 21.6 Å². The van der Waals surface area contributed by atoms with Crippen LogP contribution in [0.5, 0.6) is 0 Å². The molecule has 324 valence electrons. The van der Waals surface area contributed by atoms with Crippen molar-refractivity contribution in [2.24, 2.45) is 5.92 Å². The molecule has 1 aliphatic carbocycles. The second-order valence-corrected chi connectivity index (χ2v) is 20.8. The summed E-state index contributed by atoms with van der Waals surface area (Å²) < 4.78 is 96.7. The molecule has 0 spiro atoms. The number of carbonyl (C=O) groups is 1. The maximum absolute atomic E-state index is 14.0. The number of carbonyl (C=O) groups excluding carboxylic acids is 1. The lowest BCUT2D eigenvalue weighted by Gasteiger charge is -2.40. The molecule has 1 saturated carbocycles. The van der Waals surface area contributed by atoms with Crippen molar-refractivity contribution in [3.63, 3.8) is 0 Å². The summed E-state index contributed by atoms with van der Waals surface area (Å²) in [6.45, 7) is 4.84. The molecule has 1 amide bonds. The predicted molar refractivity (Wildman–Crippen MR) is 233 cm³/mol. The van der Waals surface area contributed by atoms with Gasteiger partial charge in [0.25, 0.3) is 25.8 Å². The molecular formula is C43H51ClF3N5O5S3. The van der Waals surface area contributed by atoms with E-state index in [0.29, 0.717) is 36.6 Å². The van der Waals surface area contributed by atoms with Crippen LogP contribution in [0.2, 0.25) is 5.02 Å². The van der Waals surface area contributed by atoms with Crippen LogP contribution < -0.4 is 14.9 Å². The number of sulfone groups is 1. The summed E-state index contributed by atoms with van der Waals surface area (Å²) in [5.41, 5.74) is -3.91. The Morgan fingerprint density at radius 1 is 0.883 bits per heavy atom. The Morgan fingerprint density at radius 2 is 1.55 bits per heavy atom. The number of nitrogens with zero attached hydrogens (tertiary/aromatic N) is 3. The standard InChI is InChI=1S/C43H51ClF3N5O5S3/c1-50(2)23-22-35(30-58-37-9-4-3-5-10-37)48-40-21-20-38(28-41(40)59(54,55)43(45,46)47)60(56,57)49-42(53)32-14-18-36(19-15-32)52-26-24-51(25-27-52)29-33-8-6-7-11-39(33)31-12-16-34(44)17-13-31/h3-5,9-10,12-21,28,33,35,39,48H,6-8,11,22-27,29-30H2,1-2H3,(H,49,53)/t33-,35+,39-/m0/s1. The monoisotopic (exact) mass is 905 g/mol. The van der Waals surface area contributed by atoms with Gasteiger partial charge in [0, 0.05) is 65.7 Å². The molecule has 60 heavy (non-hydrogen) atoms. The first-order chi connectivity index (χ1) is 28.5. The number of anilines is 2. The molecule has 0 unspecified atom stereocenters. The first-order valence-corrected chi connectivity index (χ1v) is 24.3. The Kier molecular flexibility index (Phi) is 15.2. The van der Waals surface area contributed by atoms with Crippen LogP contribution in [0.4, 0.5) is 24.5 Å². The zero-order valence-corrected chi connectivity index (χ0v) is 36.8. The van der Waals surface area contributed by atoms with Crippen molar-refractivity contribution in [1.29, 1.82) is 0 Å². The second-order valence-electron chi connectivity index (χ2n) is 15.6. The topological polar surface area (TPSA) is 119 Å². The number of thioether (sulfide) groups is 1. The van der Waals surface area contributed by atoms with Crippen molar-refractivity contribution in [3.8, 4) is 0 Å². The number of benzene rings is 4. The summed E-state index contributed by atoms with van der Waals surface area (Å²) in [5.74, 6) is 0.434. The highest BCUT2D eigenvalue weighted by molar-refractivity contribution is 7.99. The van der Waals surface area contributed by atoms with Crippen LogP contribution in [-0.2, 0) is 19.9 Å². The van der Waals surface area contributed by atoms with Gasteiger partial charge in [-0.2, -0.15) is 13.2 Å². The molecule has 17 heteroatoms. The van der Waals surface area contributed by atoms with Gasteiger partial charge < -0.3 is 15.1 Å². The molecule has 1 aliphatic heterocycles. The van der Waals surface area contributed by atoms with E-state index < -0.39 is 52.8 Å². The van der Waals surface area contributed by atoms with Crippen LogP contribution >= 0.6 is 23.4 Å². The van der Waals surface area contributed by atoms with E-state index in [-0.39, 0.29) is 5.56 Å². The van der Waals surface area contributed by atoms with Crippen LogP contribution in [0, 0.1) is 5.92 Å². The van der Waals surface area contributed by atoms with Gasteiger partial charge >= 0.3 is 5.51 Å². The number of amides is 1. The third kappa shape index (κ3) is 11.8. The predicted octanol–water partition coefficient (Wildman–Crippen LogP) is 8.37. The van der Waals surface area contributed by atoms with E-state index in [2.05, 4.69) is 27.2 Å². The van der Waals surface area contributed by atoms with Gasteiger partial charge in [-0.3, -0.25) is 9.69 Å². The van der Waals surface area contributed by atoms with Crippen molar-refractivity contribution < 1.29 is 34.8 Å². The minimum absolute atomic E-state index is 0.00701. The second kappa shape index (κ2) is 19.9. The number of halogens is 4. The lowest BCUT2D eigenvalue weighted by Crippen LogP contribution is -2.48. The van der Waals surface area contributed by atoms with Gasteiger partial charge in [0.15, 0.2) is 0 Å². The maximum Gasteiger partial charge on any atom is 0.501 e. The van der Waals surface area contributed by atoms with Crippen LogP contribution in [0.15, 0.2) is 112 Å². The van der Waals surface area contributed by atoms with E-state index >= 15 is 0 Å². The number of sulfonamides is 1. The lowest BCUT2D eigenvalue weighted by molar-refractivity contribution is -0.0435. The first-order valence-electron chi connectivity index (χ1n) is 19.9. The average molecular weight is 907 g/mol. The summed E-state index contributed by atoms with van der Waals surface area (Å²) in [6, 6.07) is 25.9. The number of rotatable bonds is 16. The van der Waals surface area contributed by atoms with E-state index in [1.807, 2.05) is 66.2 Å². The molecule has 1 heterocycles. The van der Waals surface area contributed by atoms with Gasteiger partial charge in [0.2, 0.25) is 0 Å². The van der Waals surface area contributed by atoms with Gasteiger partial charge in [0.05, 0.1) is 10.6 Å². The zero-order valence-electron chi connectivity index (χ0n) is 33.6. The minimum Gasteiger partial charge on any atom is -0.380 e. The summed E-state index contributed by atoms with van der Waals surface area (Å²) in [4.78, 5) is 18.7. The van der Waals surface area contributed by atoms with Crippen molar-refractivity contribution in [2.45, 2.75) is 64.3 Å². The number of hydrogen-bond donors (Lipinski definition) is 2. The molecular weight excluding hydrogens is 855 g/mol. The van der Waals surface area contributed by atoms with Gasteiger partial charge in [-0.05, 0) is 124 Å². The molecule has 6 rings (SSSR count). The fraction of sp³-hybridized carbons (Fsp3) is 0.419. The Labute approximate surface area is 360 Å². The van der Waals surface area contributed by atoms with Crippen LogP contribution in [0.1, 0.15) is 53.9 Å². The van der Waals surface area contributed by atoms with Gasteiger partial charge in [-0.1, -0.05) is 54.8 Å². The third-order valence-corrected chi connectivity index (χ3v) is 15.4. The van der Waals surface area contributed by atoms with Gasteiger partial charge in [0.1, 0.15) is 4.90 Å². The van der Waals surface area contributed by atoms with E-state index in [1.54, 1.807) is 12.1 Å². The Hall–Kier alpha value is -3.80. The summed E-state index contributed by atoms with van der Waals surface area (Å²) in [5, 5.41) is 3.68. The molecule has 4 aromatic carbocycles. The summed E-state index contributed by atoms with van der Waals surface area (Å²) in [7, 11) is -7.17. The van der Waals surface area contributed by atoms with Crippen molar-refractivity contribution in [2.75, 3.05) is 69.3 Å². The number of hydrogen-bond acceptors (Lipinski definition) is 10. The molecule has 2 fully saturated rings. The van der Waals surface area contributed by atoms with Crippen molar-refractivity contribution in [3.05, 3.63) is 113 Å². The van der Waals surface area contributed by atoms with Crippen molar-refractivity contribution >= 4 is 60.5 Å². The molecule has 0 aromatic heterocycles. The average Bonchev–Trinajstić information content (AvgIpc) is 3.22. The first kappa shape index (κ1) is 45.7. The van der Waals surface area contributed by atoms with Crippen LogP contribution in [0.25, 0.3) is 0 Å². The molecule has 0 bridgehead atoms. The molecule has 3 atom stereocenters. The molecule has 2 aliphatic rings. The Bertz CT molecular complexity index is 2280. The third-order valence-electron chi connectivity index (χ3n) is 11.1. The number of nitrogens with one attached hydrogen (secondary N) is 2. The highest BCUT2D eigenvalue weighted by Crippen LogP contribution is 2.39. The van der Waals surface area contributed by atoms with Crippen LogP contribution in [0.3, 0.4) is 0 Å². The van der Waals surface area contributed by atoms with Crippen molar-refractivity contribution in [1.82, 2.24) is 14.5 Å². The summed E-state index contributed by atoms with van der Waals surface area (Å²) in [6.07, 6.45) is 5.26. The molecule has 4 aromatic rings. The van der Waals surface area contributed by atoms with E-state index in [1.165, 1.54) is 55.1 Å². The molecule has 1 saturated heterocycles. The Balaban J connectivity index is 1.11. The van der Waals surface area contributed by atoms with E-state index in [9.17, 15) is 34.8 Å². The molecule has 2 N–H and O–H groups in total. The fourth-order valence-corrected chi connectivity index (χ4v) is 11.0. The van der Waals surface area contributed by atoms with Crippen LogP contribution in [-0.4, -0.2) is 103 Å². The molecule has 10 nitrogen and oxygen atoms in total. The minimum atomic E-state index is -6.03. The normalized spacial score (nSPS) is 18.6. The SMILES string of the molecule is CN(C)CC[C@H](CSc1ccccc1)Nc1ccc(S(=O)(=O)NC(=O)c2ccc(N3CCN(C[C@@H]4CCCC[C@H]4c4ccc(Cl)cc4)CC3)cc2)cc1S(=O)(=O)C(F)(F)F. The zero-order chi connectivity index (χ0) is 43.1. The number of alkyl halides is 3. The fourth-order valence-electron chi connectivity index (χ4n) is 7.84. The Morgan fingerprint density at radius 3 is 2.20 bits per heavy atom. The van der Waals surface area contributed by atoms with E-state index in [4.69, 9.17) is 11.6 Å². The smallest absolute Gasteiger partial charge is 0.380 e. The maximum atomic E-state index is 14.0. The highest BCUT2D eigenvalue weighted by atomic mass is 35.5. The lowest BCUT2D eigenvalue weighted by atomic mass is 9.75. The molecule has 0 radical (unpaired) electrons. The van der Waals surface area contributed by atoms with Gasteiger partial charge in [-0.15, -0.1) is 11.8 Å². The highest BCUT2D eigenvalue weighted by Gasteiger charge is 2.48. The quantitative estimate of drug-likeness (QED) is 0.106. The largest absolute Gasteiger partial charge is 0.501 e. The number of piperazine rings is 1. The summed E-state index contributed by atoms with van der Waals surface area (Å²) >= 11 is 7.59. The van der Waals surface area contributed by atoms with E-state index in [0.717, 1.165) is 60.5 Å².